The van der Waals surface area contributed by atoms with Crippen molar-refractivity contribution in [3.63, 3.8) is 0 Å². The zero-order valence-corrected chi connectivity index (χ0v) is 28.6. The van der Waals surface area contributed by atoms with Gasteiger partial charge in [-0.3, -0.25) is 18.9 Å². The summed E-state index contributed by atoms with van der Waals surface area (Å²) >= 11 is 0. The molecule has 5 N–H and O–H groups in total. The normalized spacial score (nSPS) is 22.1. The van der Waals surface area contributed by atoms with Gasteiger partial charge in [0, 0.05) is 29.2 Å². The molecule has 0 radical (unpaired) electrons. The summed E-state index contributed by atoms with van der Waals surface area (Å²) in [6, 6.07) is 6.74. The number of aromatic amines is 1. The van der Waals surface area contributed by atoms with Gasteiger partial charge in [0.15, 0.2) is 0 Å². The number of benzene rings is 1. The molecule has 0 amide bonds. The van der Waals surface area contributed by atoms with Crippen molar-refractivity contribution in [2.45, 2.75) is 57.8 Å². The van der Waals surface area contributed by atoms with E-state index in [1.807, 2.05) is 6.92 Å². The lowest BCUT2D eigenvalue weighted by Crippen LogP contribution is -2.33. The van der Waals surface area contributed by atoms with Gasteiger partial charge in [-0.05, 0) is 31.4 Å². The summed E-state index contributed by atoms with van der Waals surface area (Å²) in [5, 5.41) is -0.117. The number of esters is 1. The molecule has 6 atom stereocenters. The van der Waals surface area contributed by atoms with Crippen molar-refractivity contribution in [1.29, 1.82) is 0 Å². The molecule has 2 heterocycles. The average Bonchev–Trinajstić information content (AvgIpc) is 3.29. The van der Waals surface area contributed by atoms with Crippen molar-refractivity contribution in [2.75, 3.05) is 12.4 Å². The minimum atomic E-state index is -5.79. The van der Waals surface area contributed by atoms with Crippen LogP contribution in [0.1, 0.15) is 60.2 Å². The number of hydrogen-bond acceptors (Lipinski definition) is 13. The maximum Gasteiger partial charge on any atom is 0.490 e. The van der Waals surface area contributed by atoms with Gasteiger partial charge in [-0.25, -0.2) is 23.3 Å². The number of hydrogen-bond donors (Lipinski definition) is 5. The molecule has 0 bridgehead atoms. The minimum absolute atomic E-state index is 0.117. The Labute approximate surface area is 264 Å². The highest BCUT2D eigenvalue weighted by molar-refractivity contribution is 8.76. The number of rotatable bonds is 15. The highest BCUT2D eigenvalue weighted by Crippen LogP contribution is 2.66. The molecule has 1 aliphatic rings. The first-order valence-corrected chi connectivity index (χ1v) is 20.0. The molecule has 22 heteroatoms. The Bertz CT molecular complexity index is 1630. The van der Waals surface area contributed by atoms with E-state index in [0.717, 1.165) is 10.3 Å². The van der Waals surface area contributed by atoms with Crippen LogP contribution in [0.4, 0.5) is 0 Å². The van der Waals surface area contributed by atoms with E-state index in [1.54, 1.807) is 45.9 Å². The molecular weight excluding hydrogens is 701 g/mol. The zero-order valence-electron chi connectivity index (χ0n) is 24.3. The van der Waals surface area contributed by atoms with E-state index in [0.29, 0.717) is 11.5 Å². The van der Waals surface area contributed by atoms with Gasteiger partial charge in [0.25, 0.3) is 5.56 Å². The molecule has 3 rings (SSSR count). The smallest absolute Gasteiger partial charge is 0.456 e. The summed E-state index contributed by atoms with van der Waals surface area (Å²) in [6.45, 7) is 6.60. The third-order valence-electron chi connectivity index (χ3n) is 5.95. The fraction of sp³-hybridized carbons (Fsp3) is 0.522. The van der Waals surface area contributed by atoms with Crippen molar-refractivity contribution in [2.24, 2.45) is 5.92 Å². The molecular formula is C23H33N2O15P3S2. The Hall–Kier alpha value is -1.56. The summed E-state index contributed by atoms with van der Waals surface area (Å²) < 4.78 is 59.7. The maximum absolute atomic E-state index is 13.4. The predicted molar refractivity (Wildman–Crippen MR) is 163 cm³/mol. The number of aryl methyl sites for hydroxylation is 1. The largest absolute Gasteiger partial charge is 0.490 e. The number of phosphoric ester groups is 1. The first kappa shape index (κ1) is 37.9. The summed E-state index contributed by atoms with van der Waals surface area (Å²) in [4.78, 5) is 76.7. The van der Waals surface area contributed by atoms with Crippen molar-refractivity contribution < 1.29 is 60.7 Å². The van der Waals surface area contributed by atoms with Gasteiger partial charge < -0.3 is 29.0 Å². The van der Waals surface area contributed by atoms with Crippen LogP contribution in [0, 0.1) is 12.8 Å². The number of H-pyrrole nitrogens is 1. The molecule has 0 saturated carbocycles. The number of nitrogens with zero attached hydrogens (tertiary/aromatic N) is 1. The fourth-order valence-corrected chi connectivity index (χ4v) is 9.85. The maximum atomic E-state index is 13.4. The molecule has 0 spiro atoms. The number of aromatic nitrogens is 2. The lowest BCUT2D eigenvalue weighted by Gasteiger charge is -2.22. The summed E-state index contributed by atoms with van der Waals surface area (Å²) in [5.41, 5.74) is -0.439. The van der Waals surface area contributed by atoms with E-state index in [4.69, 9.17) is 23.8 Å². The third kappa shape index (κ3) is 11.6. The zero-order chi connectivity index (χ0) is 33.7. The van der Waals surface area contributed by atoms with Crippen LogP contribution in [0.3, 0.4) is 0 Å². The molecule has 0 aliphatic carbocycles. The molecule has 1 aliphatic heterocycles. The van der Waals surface area contributed by atoms with Crippen molar-refractivity contribution in [3.8, 4) is 0 Å². The highest BCUT2D eigenvalue weighted by Gasteiger charge is 2.44. The van der Waals surface area contributed by atoms with Crippen molar-refractivity contribution in [3.05, 3.63) is 68.0 Å². The van der Waals surface area contributed by atoms with Crippen molar-refractivity contribution >= 4 is 51.0 Å². The summed E-state index contributed by atoms with van der Waals surface area (Å²) in [5.74, 6) is 0.573. The van der Waals surface area contributed by atoms with E-state index in [2.05, 4.69) is 27.5 Å². The van der Waals surface area contributed by atoms with Gasteiger partial charge in [-0.2, -0.15) is 8.62 Å². The standard InChI is InChI=1S/C23H33N2O15P3S2/c1-13(2)12-44-45-15(4)16-7-5-6-8-17(16)22(27)38-18-9-20(25-10-14(3)21(26)24-23(25)28)37-19(18)11-36-42(32,33)40-43(34,35)39-41(29,30)31/h5-8,10,13,15,18-20H,9,11-12H2,1-4H3,(H,32,33)(H,34,35)(H,24,26,28)(H2,29,30,31)/t15?,18-,19-,20-/m1/s1. The van der Waals surface area contributed by atoms with Crippen LogP contribution in [0.5, 0.6) is 0 Å². The number of phosphoric acid groups is 3. The van der Waals surface area contributed by atoms with Crippen LogP contribution < -0.4 is 11.2 Å². The number of carbonyl (C=O) groups is 1. The first-order valence-electron chi connectivity index (χ1n) is 13.1. The number of carbonyl (C=O) groups excluding carboxylic acids is 1. The van der Waals surface area contributed by atoms with Gasteiger partial charge in [0.05, 0.1) is 12.2 Å². The third-order valence-corrected chi connectivity index (χ3v) is 12.9. The second-order valence-corrected chi connectivity index (χ2v) is 17.4. The SMILES string of the molecule is Cc1cn([C@H]2C[C@@H](OC(=O)c3ccccc3C(C)SSCC(C)C)[C@@H](COP(=O)(O)OP(=O)(O)OP(=O)(O)O)O2)c(=O)[nH]c1=O. The van der Waals surface area contributed by atoms with E-state index in [9.17, 15) is 37.9 Å². The van der Waals surface area contributed by atoms with Gasteiger partial charge in [0.1, 0.15) is 18.4 Å². The van der Waals surface area contributed by atoms with Crippen LogP contribution >= 0.6 is 45.1 Å². The Balaban J connectivity index is 1.84. The molecule has 252 valence electrons. The number of nitrogens with one attached hydrogen (secondary N) is 1. The van der Waals surface area contributed by atoms with E-state index in [1.165, 1.54) is 13.1 Å². The predicted octanol–water partition coefficient (Wildman–Crippen LogP) is 3.80. The fourth-order valence-electron chi connectivity index (χ4n) is 3.98. The molecule has 1 fully saturated rings. The topological polar surface area (TPSA) is 250 Å². The summed E-state index contributed by atoms with van der Waals surface area (Å²) in [7, 11) is -13.7. The average molecular weight is 735 g/mol. The Kier molecular flexibility index (Phi) is 13.1. The molecule has 45 heavy (non-hydrogen) atoms. The molecule has 1 aromatic carbocycles. The quantitative estimate of drug-likeness (QED) is 0.0991. The van der Waals surface area contributed by atoms with E-state index < -0.39 is 65.7 Å². The van der Waals surface area contributed by atoms with Crippen LogP contribution in [-0.2, 0) is 36.3 Å². The van der Waals surface area contributed by atoms with Gasteiger partial charge >= 0.3 is 35.1 Å². The Morgan fingerprint density at radius 2 is 1.76 bits per heavy atom. The van der Waals surface area contributed by atoms with Crippen LogP contribution in [-0.4, -0.2) is 59.7 Å². The van der Waals surface area contributed by atoms with Crippen LogP contribution in [0.2, 0.25) is 0 Å². The second kappa shape index (κ2) is 15.6. The van der Waals surface area contributed by atoms with Crippen molar-refractivity contribution in [1.82, 2.24) is 9.55 Å². The Morgan fingerprint density at radius 3 is 2.40 bits per heavy atom. The molecule has 1 aromatic heterocycles. The molecule has 2 aromatic rings. The Morgan fingerprint density at radius 1 is 1.09 bits per heavy atom. The first-order chi connectivity index (χ1) is 20.8. The van der Waals surface area contributed by atoms with Gasteiger partial charge in [-0.1, -0.05) is 53.6 Å². The lowest BCUT2D eigenvalue weighted by molar-refractivity contribution is -0.0512. The van der Waals surface area contributed by atoms with Gasteiger partial charge in [0.2, 0.25) is 0 Å². The van der Waals surface area contributed by atoms with E-state index >= 15 is 0 Å². The van der Waals surface area contributed by atoms with Gasteiger partial charge in [-0.15, -0.1) is 0 Å². The summed E-state index contributed by atoms with van der Waals surface area (Å²) in [6.07, 6.45) is -2.78. The molecule has 3 unspecified atom stereocenters. The van der Waals surface area contributed by atoms with Crippen LogP contribution in [0.15, 0.2) is 40.1 Å². The highest BCUT2D eigenvalue weighted by atomic mass is 33.1. The molecule has 17 nitrogen and oxygen atoms in total. The van der Waals surface area contributed by atoms with Crippen LogP contribution in [0.25, 0.3) is 0 Å². The lowest BCUT2D eigenvalue weighted by atomic mass is 10.0. The monoisotopic (exact) mass is 734 g/mol. The van der Waals surface area contributed by atoms with E-state index in [-0.39, 0.29) is 22.8 Å². The molecule has 1 saturated heterocycles. The second-order valence-electron chi connectivity index (χ2n) is 10.2. The minimum Gasteiger partial charge on any atom is -0.456 e. The number of ether oxygens (including phenoxy) is 2.